The summed E-state index contributed by atoms with van der Waals surface area (Å²) in [6, 6.07) is 7.53. The number of rotatable bonds is 6. The molecule has 0 bridgehead atoms. The molecule has 18 heavy (non-hydrogen) atoms. The van der Waals surface area contributed by atoms with E-state index in [1.54, 1.807) is 0 Å². The zero-order valence-electron chi connectivity index (χ0n) is 11.2. The van der Waals surface area contributed by atoms with Crippen molar-refractivity contribution >= 4 is 17.5 Å². The average molecular weight is 269 g/mol. The molecule has 1 aromatic rings. The number of hydrogen-bond acceptors (Lipinski definition) is 2. The second-order valence-electron chi connectivity index (χ2n) is 4.49. The number of halogens is 1. The lowest BCUT2D eigenvalue weighted by atomic mass is 10.1. The molecule has 3 nitrogen and oxygen atoms in total. The van der Waals surface area contributed by atoms with Crippen molar-refractivity contribution in [2.75, 3.05) is 13.1 Å². The molecule has 0 radical (unpaired) electrons. The molecule has 0 aliphatic rings. The molecule has 0 saturated heterocycles. The van der Waals surface area contributed by atoms with Gasteiger partial charge in [0, 0.05) is 17.5 Å². The highest BCUT2D eigenvalue weighted by atomic mass is 35.5. The summed E-state index contributed by atoms with van der Waals surface area (Å²) >= 11 is 5.93. The van der Waals surface area contributed by atoms with E-state index in [0.717, 1.165) is 12.1 Å². The van der Waals surface area contributed by atoms with Gasteiger partial charge >= 0.3 is 0 Å². The second kappa shape index (κ2) is 7.39. The van der Waals surface area contributed by atoms with Gasteiger partial charge in [0.05, 0.1) is 6.04 Å². The topological polar surface area (TPSA) is 41.1 Å². The standard InChI is InChI=1S/C14H21ClN2O/c1-4-16-9-10(2)14(18)17-11(3)12-6-5-7-13(15)8-12/h5-8,10-11,16H,4,9H2,1-3H3,(H,17,18)/t10?,11-/m1/s1. The van der Waals surface area contributed by atoms with E-state index < -0.39 is 0 Å². The lowest BCUT2D eigenvalue weighted by molar-refractivity contribution is -0.125. The first-order valence-electron chi connectivity index (χ1n) is 6.31. The zero-order valence-corrected chi connectivity index (χ0v) is 11.9. The molecule has 1 aromatic carbocycles. The van der Waals surface area contributed by atoms with Crippen LogP contribution in [0.15, 0.2) is 24.3 Å². The minimum absolute atomic E-state index is 0.0275. The van der Waals surface area contributed by atoms with Crippen LogP contribution in [0.25, 0.3) is 0 Å². The highest BCUT2D eigenvalue weighted by Crippen LogP contribution is 2.17. The zero-order chi connectivity index (χ0) is 13.5. The summed E-state index contributed by atoms with van der Waals surface area (Å²) < 4.78 is 0. The van der Waals surface area contributed by atoms with E-state index >= 15 is 0 Å². The molecule has 1 amide bonds. The predicted molar refractivity (Wildman–Crippen MR) is 75.7 cm³/mol. The first-order valence-corrected chi connectivity index (χ1v) is 6.69. The Morgan fingerprint density at radius 2 is 2.11 bits per heavy atom. The minimum Gasteiger partial charge on any atom is -0.349 e. The van der Waals surface area contributed by atoms with Gasteiger partial charge < -0.3 is 10.6 Å². The third kappa shape index (κ3) is 4.67. The van der Waals surface area contributed by atoms with Gasteiger partial charge in [-0.15, -0.1) is 0 Å². The molecule has 4 heteroatoms. The molecule has 2 N–H and O–H groups in total. The maximum absolute atomic E-state index is 11.9. The monoisotopic (exact) mass is 268 g/mol. The van der Waals surface area contributed by atoms with E-state index in [9.17, 15) is 4.79 Å². The third-order valence-electron chi connectivity index (χ3n) is 2.86. The SMILES string of the molecule is CCNCC(C)C(=O)N[C@H](C)c1cccc(Cl)c1. The lowest BCUT2D eigenvalue weighted by Crippen LogP contribution is -2.36. The van der Waals surface area contributed by atoms with Crippen molar-refractivity contribution in [1.29, 1.82) is 0 Å². The number of hydrogen-bond donors (Lipinski definition) is 2. The van der Waals surface area contributed by atoms with Crippen LogP contribution in [0.4, 0.5) is 0 Å². The smallest absolute Gasteiger partial charge is 0.224 e. The Hall–Kier alpha value is -1.06. The van der Waals surface area contributed by atoms with Crippen LogP contribution in [0.1, 0.15) is 32.4 Å². The van der Waals surface area contributed by atoms with Gasteiger partial charge in [-0.3, -0.25) is 4.79 Å². The number of benzene rings is 1. The van der Waals surface area contributed by atoms with Crippen molar-refractivity contribution in [2.45, 2.75) is 26.8 Å². The summed E-state index contributed by atoms with van der Waals surface area (Å²) in [7, 11) is 0. The molecule has 100 valence electrons. The molecule has 0 spiro atoms. The number of amides is 1. The number of nitrogens with one attached hydrogen (secondary N) is 2. The average Bonchev–Trinajstić information content (AvgIpc) is 2.35. The molecule has 0 fully saturated rings. The van der Waals surface area contributed by atoms with Crippen LogP contribution in [0.3, 0.4) is 0 Å². The van der Waals surface area contributed by atoms with Gasteiger partial charge in [0.25, 0.3) is 0 Å². The van der Waals surface area contributed by atoms with Gasteiger partial charge in [-0.25, -0.2) is 0 Å². The minimum atomic E-state index is -0.0356. The van der Waals surface area contributed by atoms with E-state index in [4.69, 9.17) is 11.6 Å². The van der Waals surface area contributed by atoms with Gasteiger partial charge in [0.15, 0.2) is 0 Å². The van der Waals surface area contributed by atoms with Crippen molar-refractivity contribution in [3.8, 4) is 0 Å². The molecule has 0 aromatic heterocycles. The Balaban J connectivity index is 2.54. The Kier molecular flexibility index (Phi) is 6.16. The van der Waals surface area contributed by atoms with Gasteiger partial charge in [-0.2, -0.15) is 0 Å². The summed E-state index contributed by atoms with van der Waals surface area (Å²) in [5.41, 5.74) is 1.02. The summed E-state index contributed by atoms with van der Waals surface area (Å²) in [5, 5.41) is 6.85. The Morgan fingerprint density at radius 1 is 1.39 bits per heavy atom. The normalized spacial score (nSPS) is 14.0. The number of carbonyl (C=O) groups is 1. The van der Waals surface area contributed by atoms with Gasteiger partial charge in [0.1, 0.15) is 0 Å². The predicted octanol–water partition coefficient (Wildman–Crippen LogP) is 2.76. The van der Waals surface area contributed by atoms with E-state index in [1.807, 2.05) is 45.0 Å². The number of carbonyl (C=O) groups excluding carboxylic acids is 1. The first kappa shape index (κ1) is 15.0. The summed E-state index contributed by atoms with van der Waals surface area (Å²) in [4.78, 5) is 11.9. The largest absolute Gasteiger partial charge is 0.349 e. The van der Waals surface area contributed by atoms with Crippen molar-refractivity contribution in [1.82, 2.24) is 10.6 Å². The van der Waals surface area contributed by atoms with Crippen LogP contribution in [-0.2, 0) is 4.79 Å². The van der Waals surface area contributed by atoms with Crippen LogP contribution in [-0.4, -0.2) is 19.0 Å². The van der Waals surface area contributed by atoms with Gasteiger partial charge in [-0.1, -0.05) is 37.6 Å². The molecule has 0 saturated carbocycles. The molecule has 0 aliphatic heterocycles. The Bertz CT molecular complexity index is 395. The van der Waals surface area contributed by atoms with E-state index in [1.165, 1.54) is 0 Å². The fraction of sp³-hybridized carbons (Fsp3) is 0.500. The van der Waals surface area contributed by atoms with Crippen LogP contribution in [0.2, 0.25) is 5.02 Å². The fourth-order valence-corrected chi connectivity index (χ4v) is 1.87. The van der Waals surface area contributed by atoms with Crippen LogP contribution < -0.4 is 10.6 Å². The quantitative estimate of drug-likeness (QED) is 0.833. The van der Waals surface area contributed by atoms with Crippen molar-refractivity contribution < 1.29 is 4.79 Å². The van der Waals surface area contributed by atoms with Crippen molar-refractivity contribution in [2.24, 2.45) is 5.92 Å². The Labute approximate surface area is 114 Å². The van der Waals surface area contributed by atoms with Crippen molar-refractivity contribution in [3.05, 3.63) is 34.9 Å². The molecular formula is C14H21ClN2O. The van der Waals surface area contributed by atoms with E-state index in [-0.39, 0.29) is 17.9 Å². The van der Waals surface area contributed by atoms with Crippen LogP contribution >= 0.6 is 11.6 Å². The second-order valence-corrected chi connectivity index (χ2v) is 4.93. The molecule has 1 unspecified atom stereocenters. The summed E-state index contributed by atoms with van der Waals surface area (Å²) in [6.45, 7) is 7.48. The van der Waals surface area contributed by atoms with E-state index in [2.05, 4.69) is 10.6 Å². The third-order valence-corrected chi connectivity index (χ3v) is 3.09. The first-order chi connectivity index (χ1) is 8.54. The van der Waals surface area contributed by atoms with Crippen LogP contribution in [0, 0.1) is 5.92 Å². The summed E-state index contributed by atoms with van der Waals surface area (Å²) in [6.07, 6.45) is 0. The molecule has 0 aliphatic carbocycles. The molecule has 0 heterocycles. The van der Waals surface area contributed by atoms with Crippen LogP contribution in [0.5, 0.6) is 0 Å². The molecular weight excluding hydrogens is 248 g/mol. The maximum Gasteiger partial charge on any atom is 0.224 e. The van der Waals surface area contributed by atoms with E-state index in [0.29, 0.717) is 11.6 Å². The van der Waals surface area contributed by atoms with Gasteiger partial charge in [-0.05, 0) is 31.2 Å². The Morgan fingerprint density at radius 3 is 2.72 bits per heavy atom. The highest BCUT2D eigenvalue weighted by molar-refractivity contribution is 6.30. The van der Waals surface area contributed by atoms with Gasteiger partial charge in [0.2, 0.25) is 5.91 Å². The molecule has 2 atom stereocenters. The van der Waals surface area contributed by atoms with Crippen molar-refractivity contribution in [3.63, 3.8) is 0 Å². The fourth-order valence-electron chi connectivity index (χ4n) is 1.67. The maximum atomic E-state index is 11.9. The molecule has 1 rings (SSSR count). The lowest BCUT2D eigenvalue weighted by Gasteiger charge is -2.18. The highest BCUT2D eigenvalue weighted by Gasteiger charge is 2.15. The summed E-state index contributed by atoms with van der Waals surface area (Å²) in [5.74, 6) is 0.0232.